The van der Waals surface area contributed by atoms with Crippen LogP contribution >= 0.6 is 0 Å². The second kappa shape index (κ2) is 6.08. The Balaban J connectivity index is 2.18. The van der Waals surface area contributed by atoms with Gasteiger partial charge in [-0.1, -0.05) is 29.8 Å². The fourth-order valence-corrected chi connectivity index (χ4v) is 2.12. The molecule has 0 radical (unpaired) electrons. The Labute approximate surface area is 132 Å². The molecule has 1 aromatic carbocycles. The summed E-state index contributed by atoms with van der Waals surface area (Å²) in [6.45, 7) is 1.97. The molecule has 0 aliphatic rings. The third-order valence-electron chi connectivity index (χ3n) is 3.31. The lowest BCUT2D eigenvalue weighted by atomic mass is 10.0. The molecule has 0 saturated carbocycles. The van der Waals surface area contributed by atoms with E-state index in [1.165, 1.54) is 6.26 Å². The lowest BCUT2D eigenvalue weighted by Crippen LogP contribution is -2.06. The molecule has 0 aliphatic heterocycles. The molecule has 0 atom stereocenters. The Morgan fingerprint density at radius 2 is 1.78 bits per heavy atom. The van der Waals surface area contributed by atoms with Crippen molar-refractivity contribution in [2.45, 2.75) is 12.8 Å². The minimum atomic E-state index is -1.03. The van der Waals surface area contributed by atoms with Gasteiger partial charge in [0.2, 0.25) is 5.82 Å². The largest absolute Gasteiger partial charge is 0.461 e. The average Bonchev–Trinajstić information content (AvgIpc) is 3.11. The number of aromatic nitrogens is 3. The first-order chi connectivity index (χ1) is 11.2. The van der Waals surface area contributed by atoms with Gasteiger partial charge in [0.1, 0.15) is 11.4 Å². The minimum absolute atomic E-state index is 0.247. The van der Waals surface area contributed by atoms with Gasteiger partial charge in [-0.2, -0.15) is 10.5 Å². The van der Waals surface area contributed by atoms with Crippen molar-refractivity contribution in [3.8, 4) is 35.0 Å². The summed E-state index contributed by atoms with van der Waals surface area (Å²) < 4.78 is 5.25. The Morgan fingerprint density at radius 1 is 1.04 bits per heavy atom. The number of furan rings is 1. The fourth-order valence-electron chi connectivity index (χ4n) is 2.12. The first kappa shape index (κ1) is 14.4. The predicted octanol–water partition coefficient (Wildman–Crippen LogP) is 3.24. The molecule has 0 bridgehead atoms. The molecule has 0 unspecified atom stereocenters. The Bertz CT molecular complexity index is 888. The van der Waals surface area contributed by atoms with E-state index in [0.29, 0.717) is 11.5 Å². The first-order valence-electron chi connectivity index (χ1n) is 6.87. The van der Waals surface area contributed by atoms with Crippen LogP contribution in [0.15, 0.2) is 47.1 Å². The highest BCUT2D eigenvalue weighted by Gasteiger charge is 2.21. The maximum absolute atomic E-state index is 9.23. The van der Waals surface area contributed by atoms with Crippen molar-refractivity contribution in [1.29, 1.82) is 10.5 Å². The van der Waals surface area contributed by atoms with Crippen LogP contribution in [0.2, 0.25) is 0 Å². The van der Waals surface area contributed by atoms with Crippen LogP contribution in [0, 0.1) is 29.6 Å². The molecule has 0 fully saturated rings. The molecule has 6 heteroatoms. The van der Waals surface area contributed by atoms with Crippen LogP contribution in [0.3, 0.4) is 0 Å². The molecule has 0 amide bonds. The molecule has 0 saturated heterocycles. The SMILES string of the molecule is Cc1ccc(-c2nnc(-c3ccco3)nc2C(C#N)C#N)cc1. The lowest BCUT2D eigenvalue weighted by molar-refractivity contribution is 0.575. The smallest absolute Gasteiger partial charge is 0.217 e. The molecule has 23 heavy (non-hydrogen) atoms. The number of nitrogens with zero attached hydrogens (tertiary/aromatic N) is 5. The number of hydrogen-bond donors (Lipinski definition) is 0. The highest BCUT2D eigenvalue weighted by Crippen LogP contribution is 2.27. The summed E-state index contributed by atoms with van der Waals surface area (Å²) in [5.41, 5.74) is 2.56. The van der Waals surface area contributed by atoms with Gasteiger partial charge >= 0.3 is 0 Å². The van der Waals surface area contributed by atoms with Gasteiger partial charge in [0.05, 0.1) is 18.4 Å². The number of nitriles is 2. The van der Waals surface area contributed by atoms with Gasteiger partial charge in [-0.3, -0.25) is 0 Å². The maximum Gasteiger partial charge on any atom is 0.217 e. The zero-order chi connectivity index (χ0) is 16.2. The molecule has 3 rings (SSSR count). The summed E-state index contributed by atoms with van der Waals surface area (Å²) in [6, 6.07) is 14.9. The summed E-state index contributed by atoms with van der Waals surface area (Å²) in [4.78, 5) is 4.34. The number of hydrogen-bond acceptors (Lipinski definition) is 6. The van der Waals surface area contributed by atoms with Gasteiger partial charge in [0, 0.05) is 5.56 Å². The molecule has 0 spiro atoms. The van der Waals surface area contributed by atoms with E-state index in [1.54, 1.807) is 12.1 Å². The van der Waals surface area contributed by atoms with E-state index in [1.807, 2.05) is 43.3 Å². The average molecular weight is 301 g/mol. The molecule has 2 heterocycles. The van der Waals surface area contributed by atoms with Crippen LogP contribution in [-0.2, 0) is 0 Å². The van der Waals surface area contributed by atoms with Gasteiger partial charge < -0.3 is 4.42 Å². The fraction of sp³-hybridized carbons (Fsp3) is 0.118. The van der Waals surface area contributed by atoms with Gasteiger partial charge in [-0.25, -0.2) is 4.98 Å². The van der Waals surface area contributed by atoms with Crippen molar-refractivity contribution < 1.29 is 4.42 Å². The summed E-state index contributed by atoms with van der Waals surface area (Å²) >= 11 is 0. The third-order valence-corrected chi connectivity index (χ3v) is 3.31. The zero-order valence-electron chi connectivity index (χ0n) is 12.3. The molecule has 0 N–H and O–H groups in total. The minimum Gasteiger partial charge on any atom is -0.461 e. The summed E-state index contributed by atoms with van der Waals surface area (Å²) in [6.07, 6.45) is 1.50. The van der Waals surface area contributed by atoms with Crippen molar-refractivity contribution in [3.05, 3.63) is 53.9 Å². The second-order valence-corrected chi connectivity index (χ2v) is 4.90. The summed E-state index contributed by atoms with van der Waals surface area (Å²) in [5.74, 6) is -0.351. The van der Waals surface area contributed by atoms with Gasteiger partial charge in [0.25, 0.3) is 0 Å². The van der Waals surface area contributed by atoms with Crippen molar-refractivity contribution in [3.63, 3.8) is 0 Å². The van der Waals surface area contributed by atoms with Gasteiger partial charge in [-0.05, 0) is 19.1 Å². The summed E-state index contributed by atoms with van der Waals surface area (Å²) in [5, 5.41) is 26.7. The number of benzene rings is 1. The van der Waals surface area contributed by atoms with E-state index in [-0.39, 0.29) is 11.5 Å². The first-order valence-corrected chi connectivity index (χ1v) is 6.87. The lowest BCUT2D eigenvalue weighted by Gasteiger charge is -2.08. The van der Waals surface area contributed by atoms with Crippen LogP contribution < -0.4 is 0 Å². The van der Waals surface area contributed by atoms with Gasteiger partial charge in [0.15, 0.2) is 11.7 Å². The standard InChI is InChI=1S/C17H11N5O/c1-11-4-6-12(7-5-11)16-15(13(9-18)10-19)20-17(22-21-16)14-3-2-8-23-14/h2-8,13H,1H3. The molecule has 3 aromatic rings. The van der Waals surface area contributed by atoms with Crippen LogP contribution in [0.1, 0.15) is 17.2 Å². The Kier molecular flexibility index (Phi) is 3.82. The van der Waals surface area contributed by atoms with Crippen molar-refractivity contribution >= 4 is 0 Å². The van der Waals surface area contributed by atoms with Crippen LogP contribution in [0.4, 0.5) is 0 Å². The molecule has 110 valence electrons. The van der Waals surface area contributed by atoms with E-state index < -0.39 is 5.92 Å². The monoisotopic (exact) mass is 301 g/mol. The highest BCUT2D eigenvalue weighted by atomic mass is 16.3. The molecular formula is C17H11N5O. The van der Waals surface area contributed by atoms with E-state index >= 15 is 0 Å². The quantitative estimate of drug-likeness (QED) is 0.736. The third kappa shape index (κ3) is 2.78. The topological polar surface area (TPSA) is 99.4 Å². The second-order valence-electron chi connectivity index (χ2n) is 4.90. The maximum atomic E-state index is 9.23. The highest BCUT2D eigenvalue weighted by molar-refractivity contribution is 5.64. The van der Waals surface area contributed by atoms with Crippen molar-refractivity contribution in [2.24, 2.45) is 0 Å². The van der Waals surface area contributed by atoms with Crippen LogP contribution in [-0.4, -0.2) is 15.2 Å². The van der Waals surface area contributed by atoms with Crippen LogP contribution in [0.5, 0.6) is 0 Å². The molecule has 2 aromatic heterocycles. The Hall–Kier alpha value is -3.51. The van der Waals surface area contributed by atoms with E-state index in [4.69, 9.17) is 4.42 Å². The number of aryl methyl sites for hydroxylation is 1. The van der Waals surface area contributed by atoms with E-state index in [2.05, 4.69) is 15.2 Å². The number of rotatable bonds is 3. The van der Waals surface area contributed by atoms with Crippen LogP contribution in [0.25, 0.3) is 22.8 Å². The molecule has 0 aliphatic carbocycles. The zero-order valence-corrected chi connectivity index (χ0v) is 12.3. The van der Waals surface area contributed by atoms with Gasteiger partial charge in [-0.15, -0.1) is 10.2 Å². The van der Waals surface area contributed by atoms with E-state index in [9.17, 15) is 10.5 Å². The predicted molar refractivity (Wildman–Crippen MR) is 81.7 cm³/mol. The van der Waals surface area contributed by atoms with E-state index in [0.717, 1.165) is 11.1 Å². The molecule has 6 nitrogen and oxygen atoms in total. The Morgan fingerprint density at radius 3 is 2.39 bits per heavy atom. The van der Waals surface area contributed by atoms with Crippen molar-refractivity contribution in [2.75, 3.05) is 0 Å². The van der Waals surface area contributed by atoms with Crippen molar-refractivity contribution in [1.82, 2.24) is 15.2 Å². The molecular weight excluding hydrogens is 290 g/mol. The summed E-state index contributed by atoms with van der Waals surface area (Å²) in [7, 11) is 0. The normalized spacial score (nSPS) is 10.3.